The lowest BCUT2D eigenvalue weighted by Gasteiger charge is -2.29. The zero-order chi connectivity index (χ0) is 20.5. The molecule has 0 N–H and O–H groups in total. The zero-order valence-corrected chi connectivity index (χ0v) is 18.6. The average molecular weight is 482 g/mol. The van der Waals surface area contributed by atoms with E-state index in [-0.39, 0.29) is 23.8 Å². The van der Waals surface area contributed by atoms with E-state index in [0.29, 0.717) is 12.4 Å². The van der Waals surface area contributed by atoms with Gasteiger partial charge in [-0.25, -0.2) is 4.99 Å². The molecule has 0 saturated carbocycles. The summed E-state index contributed by atoms with van der Waals surface area (Å²) in [6.07, 6.45) is 2.43. The Morgan fingerprint density at radius 3 is 2.80 bits per heavy atom. The molecule has 30 heavy (non-hydrogen) atoms. The number of amides is 1. The van der Waals surface area contributed by atoms with Crippen molar-refractivity contribution in [2.75, 3.05) is 13.2 Å². The normalized spacial score (nSPS) is 22.1. The molecular weight excluding hydrogens is 462 g/mol. The van der Waals surface area contributed by atoms with Gasteiger partial charge in [-0.2, -0.15) is 0 Å². The lowest BCUT2D eigenvalue weighted by molar-refractivity contribution is -0.134. The SMILES string of the molecule is O=C(COC1=NC=NC2SC=C(c3ccc(Br)cc3)C12)N1CCc2ccccc2C1. The summed E-state index contributed by atoms with van der Waals surface area (Å²) in [5.41, 5.74) is 4.79. The van der Waals surface area contributed by atoms with Gasteiger partial charge in [-0.1, -0.05) is 52.3 Å². The van der Waals surface area contributed by atoms with Crippen LogP contribution in [0.25, 0.3) is 5.57 Å². The molecule has 2 unspecified atom stereocenters. The second-order valence-electron chi connectivity index (χ2n) is 7.44. The van der Waals surface area contributed by atoms with Gasteiger partial charge in [0.15, 0.2) is 6.61 Å². The van der Waals surface area contributed by atoms with Crippen molar-refractivity contribution in [1.29, 1.82) is 0 Å². The molecule has 2 aromatic carbocycles. The Morgan fingerprint density at radius 1 is 1.17 bits per heavy atom. The minimum atomic E-state index is -0.0731. The van der Waals surface area contributed by atoms with Crippen LogP contribution < -0.4 is 0 Å². The van der Waals surface area contributed by atoms with Gasteiger partial charge in [-0.05, 0) is 46.2 Å². The molecule has 3 aliphatic rings. The second-order valence-corrected chi connectivity index (χ2v) is 9.35. The van der Waals surface area contributed by atoms with Gasteiger partial charge in [0.05, 0.1) is 5.92 Å². The number of carbonyl (C=O) groups is 1. The summed E-state index contributed by atoms with van der Waals surface area (Å²) in [7, 11) is 0. The molecule has 0 aromatic heterocycles. The van der Waals surface area contributed by atoms with Crippen LogP contribution in [-0.2, 0) is 22.5 Å². The van der Waals surface area contributed by atoms with Gasteiger partial charge >= 0.3 is 0 Å². The number of thioether (sulfide) groups is 1. The quantitative estimate of drug-likeness (QED) is 0.647. The molecule has 0 radical (unpaired) electrons. The summed E-state index contributed by atoms with van der Waals surface area (Å²) in [6, 6.07) is 16.5. The number of fused-ring (bicyclic) bond motifs is 2. The molecule has 0 aliphatic carbocycles. The number of carbonyl (C=O) groups excluding carboxylic acids is 1. The van der Waals surface area contributed by atoms with Crippen LogP contribution in [0.1, 0.15) is 16.7 Å². The van der Waals surface area contributed by atoms with Crippen LogP contribution >= 0.6 is 27.7 Å². The number of nitrogens with zero attached hydrogens (tertiary/aromatic N) is 3. The maximum Gasteiger partial charge on any atom is 0.260 e. The largest absolute Gasteiger partial charge is 0.470 e. The van der Waals surface area contributed by atoms with Crippen LogP contribution in [0.4, 0.5) is 0 Å². The van der Waals surface area contributed by atoms with Crippen molar-refractivity contribution in [3.8, 4) is 0 Å². The molecule has 1 amide bonds. The van der Waals surface area contributed by atoms with Crippen molar-refractivity contribution in [3.63, 3.8) is 0 Å². The van der Waals surface area contributed by atoms with E-state index in [1.807, 2.05) is 23.1 Å². The Labute approximate surface area is 188 Å². The molecule has 2 atom stereocenters. The fourth-order valence-electron chi connectivity index (χ4n) is 4.01. The summed E-state index contributed by atoms with van der Waals surface area (Å²) in [5, 5.41) is 2.14. The minimum Gasteiger partial charge on any atom is -0.470 e. The van der Waals surface area contributed by atoms with Crippen molar-refractivity contribution in [2.24, 2.45) is 15.9 Å². The van der Waals surface area contributed by atoms with Gasteiger partial charge in [0, 0.05) is 17.6 Å². The van der Waals surface area contributed by atoms with E-state index in [1.165, 1.54) is 11.1 Å². The first-order valence-electron chi connectivity index (χ1n) is 9.87. The van der Waals surface area contributed by atoms with E-state index in [1.54, 1.807) is 18.1 Å². The highest BCUT2D eigenvalue weighted by Crippen LogP contribution is 2.44. The van der Waals surface area contributed by atoms with Crippen molar-refractivity contribution in [2.45, 2.75) is 18.3 Å². The highest BCUT2D eigenvalue weighted by Gasteiger charge is 2.38. The van der Waals surface area contributed by atoms with Crippen LogP contribution in [0.3, 0.4) is 0 Å². The molecule has 5 nitrogen and oxygen atoms in total. The molecule has 5 rings (SSSR count). The molecule has 0 fully saturated rings. The fourth-order valence-corrected chi connectivity index (χ4v) is 5.39. The van der Waals surface area contributed by atoms with Crippen molar-refractivity contribution >= 4 is 51.4 Å². The van der Waals surface area contributed by atoms with E-state index in [0.717, 1.165) is 28.6 Å². The van der Waals surface area contributed by atoms with Gasteiger partial charge in [0.2, 0.25) is 5.90 Å². The van der Waals surface area contributed by atoms with Crippen molar-refractivity contribution in [3.05, 3.63) is 75.1 Å². The zero-order valence-electron chi connectivity index (χ0n) is 16.2. The summed E-state index contributed by atoms with van der Waals surface area (Å²) in [4.78, 5) is 23.6. The molecule has 152 valence electrons. The van der Waals surface area contributed by atoms with E-state index in [2.05, 4.69) is 61.7 Å². The minimum absolute atomic E-state index is 0.00363. The third-order valence-corrected chi connectivity index (χ3v) is 7.22. The molecule has 3 heterocycles. The van der Waals surface area contributed by atoms with Crippen molar-refractivity contribution in [1.82, 2.24) is 4.90 Å². The van der Waals surface area contributed by atoms with Crippen molar-refractivity contribution < 1.29 is 9.53 Å². The van der Waals surface area contributed by atoms with Crippen LogP contribution in [0.15, 0.2) is 68.4 Å². The lowest BCUT2D eigenvalue weighted by Crippen LogP contribution is -2.39. The molecule has 7 heteroatoms. The van der Waals surface area contributed by atoms with E-state index in [4.69, 9.17) is 4.74 Å². The van der Waals surface area contributed by atoms with E-state index in [9.17, 15) is 4.79 Å². The van der Waals surface area contributed by atoms with Gasteiger partial charge in [-0.15, -0.1) is 11.8 Å². The van der Waals surface area contributed by atoms with Crippen LogP contribution in [0, 0.1) is 5.92 Å². The number of aliphatic imine (C=N–C) groups is 2. The highest BCUT2D eigenvalue weighted by atomic mass is 79.9. The Balaban J connectivity index is 1.27. The maximum atomic E-state index is 12.8. The number of benzene rings is 2. The number of ether oxygens (including phenoxy) is 1. The molecule has 0 bridgehead atoms. The Bertz CT molecular complexity index is 1060. The molecule has 2 aromatic rings. The Hall–Kier alpha value is -2.38. The molecule has 3 aliphatic heterocycles. The Kier molecular flexibility index (Phi) is 5.48. The standard InChI is InChI=1S/C23H20BrN3O2S/c24-18-7-5-16(6-8-18)19-13-30-23-21(19)22(25-14-26-23)29-12-20(28)27-10-9-15-3-1-2-4-17(15)11-27/h1-8,13-14,21,23H,9-12H2. The van der Waals surface area contributed by atoms with Gasteiger partial charge in [-0.3, -0.25) is 9.79 Å². The predicted octanol–water partition coefficient (Wildman–Crippen LogP) is 4.52. The first kappa shape index (κ1) is 19.6. The van der Waals surface area contributed by atoms with Crippen LogP contribution in [-0.4, -0.2) is 41.6 Å². The Morgan fingerprint density at radius 2 is 1.97 bits per heavy atom. The van der Waals surface area contributed by atoms with E-state index < -0.39 is 0 Å². The van der Waals surface area contributed by atoms with Crippen LogP contribution in [0.2, 0.25) is 0 Å². The first-order valence-corrected chi connectivity index (χ1v) is 11.6. The lowest BCUT2D eigenvalue weighted by atomic mass is 9.93. The van der Waals surface area contributed by atoms with Gasteiger partial charge in [0.25, 0.3) is 5.91 Å². The highest BCUT2D eigenvalue weighted by molar-refractivity contribution is 9.10. The molecule has 0 saturated heterocycles. The summed E-state index contributed by atoms with van der Waals surface area (Å²) >= 11 is 5.15. The van der Waals surface area contributed by atoms with E-state index >= 15 is 0 Å². The number of hydrogen-bond donors (Lipinski definition) is 0. The van der Waals surface area contributed by atoms with Crippen LogP contribution in [0.5, 0.6) is 0 Å². The summed E-state index contributed by atoms with van der Waals surface area (Å²) in [5.74, 6) is 0.488. The number of rotatable bonds is 3. The maximum absolute atomic E-state index is 12.8. The monoisotopic (exact) mass is 481 g/mol. The second kappa shape index (κ2) is 8.40. The molecule has 0 spiro atoms. The smallest absolute Gasteiger partial charge is 0.260 e. The third-order valence-electron chi connectivity index (χ3n) is 5.62. The number of hydrogen-bond acceptors (Lipinski definition) is 5. The van der Waals surface area contributed by atoms with Gasteiger partial charge in [0.1, 0.15) is 11.7 Å². The van der Waals surface area contributed by atoms with Gasteiger partial charge < -0.3 is 9.64 Å². The number of halogens is 1. The third kappa shape index (κ3) is 3.84. The summed E-state index contributed by atoms with van der Waals surface area (Å²) in [6.45, 7) is 1.35. The fraction of sp³-hybridized carbons (Fsp3) is 0.261. The summed E-state index contributed by atoms with van der Waals surface area (Å²) < 4.78 is 7.02. The first-order chi connectivity index (χ1) is 14.7. The average Bonchev–Trinajstić information content (AvgIpc) is 3.22. The molecular formula is C23H20BrN3O2S. The topological polar surface area (TPSA) is 54.3 Å². The predicted molar refractivity (Wildman–Crippen MR) is 124 cm³/mol.